The van der Waals surface area contributed by atoms with Crippen LogP contribution in [0.5, 0.6) is 0 Å². The number of benzene rings is 2. The standard InChI is InChI=1S/C19H15F3N4O/c20-13-6-4-12(5-7-13)10-11-23-17-9-8-16(25-26-17)19(27)24-18-14(21)2-1-3-15(18)22/h1-9H,10-11H2,(H,23,26)(H,24,27). The molecule has 8 heteroatoms. The minimum absolute atomic E-state index is 0.0817. The number of rotatable bonds is 6. The number of halogens is 3. The molecule has 1 heterocycles. The lowest BCUT2D eigenvalue weighted by atomic mass is 10.1. The molecule has 0 saturated heterocycles. The predicted molar refractivity (Wildman–Crippen MR) is 94.9 cm³/mol. The van der Waals surface area contributed by atoms with Crippen molar-refractivity contribution in [3.05, 3.63) is 83.3 Å². The molecule has 1 aromatic heterocycles. The van der Waals surface area contributed by atoms with Gasteiger partial charge in [-0.2, -0.15) is 0 Å². The van der Waals surface area contributed by atoms with Crippen LogP contribution in [0.4, 0.5) is 24.7 Å². The molecule has 5 nitrogen and oxygen atoms in total. The zero-order valence-corrected chi connectivity index (χ0v) is 14.0. The molecule has 27 heavy (non-hydrogen) atoms. The van der Waals surface area contributed by atoms with Crippen LogP contribution in [0.2, 0.25) is 0 Å². The van der Waals surface area contributed by atoms with Gasteiger partial charge in [0.05, 0.1) is 0 Å². The lowest BCUT2D eigenvalue weighted by Crippen LogP contribution is -2.17. The summed E-state index contributed by atoms with van der Waals surface area (Å²) in [6, 6.07) is 12.4. The molecule has 0 aliphatic carbocycles. The Morgan fingerprint density at radius 2 is 1.59 bits per heavy atom. The number of amides is 1. The van der Waals surface area contributed by atoms with E-state index in [-0.39, 0.29) is 11.5 Å². The van der Waals surface area contributed by atoms with E-state index in [9.17, 15) is 18.0 Å². The topological polar surface area (TPSA) is 66.9 Å². The first-order valence-corrected chi connectivity index (χ1v) is 8.10. The van der Waals surface area contributed by atoms with Gasteiger partial charge in [0.25, 0.3) is 5.91 Å². The lowest BCUT2D eigenvalue weighted by molar-refractivity contribution is 0.102. The SMILES string of the molecule is O=C(Nc1c(F)cccc1F)c1ccc(NCCc2ccc(F)cc2)nn1. The maximum absolute atomic E-state index is 13.6. The molecule has 0 radical (unpaired) electrons. The second-order valence-electron chi connectivity index (χ2n) is 5.66. The zero-order chi connectivity index (χ0) is 19.2. The predicted octanol–water partition coefficient (Wildman–Crippen LogP) is 3.80. The van der Waals surface area contributed by atoms with E-state index in [1.807, 2.05) is 0 Å². The summed E-state index contributed by atoms with van der Waals surface area (Å²) in [5.41, 5.74) is 0.340. The Bertz CT molecular complexity index is 910. The number of para-hydroxylation sites is 1. The van der Waals surface area contributed by atoms with Crippen molar-refractivity contribution in [3.8, 4) is 0 Å². The number of carbonyl (C=O) groups is 1. The first-order valence-electron chi connectivity index (χ1n) is 8.10. The Hall–Kier alpha value is -3.42. The van der Waals surface area contributed by atoms with Crippen molar-refractivity contribution in [1.29, 1.82) is 0 Å². The highest BCUT2D eigenvalue weighted by Crippen LogP contribution is 2.18. The lowest BCUT2D eigenvalue weighted by Gasteiger charge is -2.08. The van der Waals surface area contributed by atoms with Crippen LogP contribution in [0.15, 0.2) is 54.6 Å². The summed E-state index contributed by atoms with van der Waals surface area (Å²) in [5, 5.41) is 12.8. The van der Waals surface area contributed by atoms with E-state index in [0.717, 1.165) is 17.7 Å². The smallest absolute Gasteiger partial charge is 0.276 e. The number of hydrogen-bond acceptors (Lipinski definition) is 4. The molecular weight excluding hydrogens is 357 g/mol. The summed E-state index contributed by atoms with van der Waals surface area (Å²) < 4.78 is 40.0. The Morgan fingerprint density at radius 1 is 0.889 bits per heavy atom. The molecule has 0 aliphatic rings. The minimum Gasteiger partial charge on any atom is -0.368 e. The Kier molecular flexibility index (Phi) is 5.65. The van der Waals surface area contributed by atoms with Crippen molar-refractivity contribution in [1.82, 2.24) is 10.2 Å². The van der Waals surface area contributed by atoms with Crippen LogP contribution in [0, 0.1) is 17.5 Å². The fraction of sp³-hybridized carbons (Fsp3) is 0.105. The molecule has 0 aliphatic heterocycles. The highest BCUT2D eigenvalue weighted by atomic mass is 19.1. The second-order valence-corrected chi connectivity index (χ2v) is 5.66. The molecule has 0 bridgehead atoms. The van der Waals surface area contributed by atoms with Crippen LogP contribution in [0.25, 0.3) is 0 Å². The van der Waals surface area contributed by atoms with Gasteiger partial charge in [0.1, 0.15) is 29.0 Å². The second kappa shape index (κ2) is 8.31. The van der Waals surface area contributed by atoms with Crippen molar-refractivity contribution in [2.24, 2.45) is 0 Å². The molecule has 0 saturated carbocycles. The Balaban J connectivity index is 1.56. The first-order chi connectivity index (χ1) is 13.0. The average Bonchev–Trinajstić information content (AvgIpc) is 2.67. The molecule has 0 atom stereocenters. The molecular formula is C19H15F3N4O. The first kappa shape index (κ1) is 18.4. The van der Waals surface area contributed by atoms with Crippen molar-refractivity contribution in [3.63, 3.8) is 0 Å². The summed E-state index contributed by atoms with van der Waals surface area (Å²) >= 11 is 0. The van der Waals surface area contributed by atoms with Crippen molar-refractivity contribution < 1.29 is 18.0 Å². The van der Waals surface area contributed by atoms with E-state index in [1.165, 1.54) is 30.3 Å². The molecule has 2 aromatic carbocycles. The summed E-state index contributed by atoms with van der Waals surface area (Å²) in [5.74, 6) is -2.39. The number of nitrogens with one attached hydrogen (secondary N) is 2. The van der Waals surface area contributed by atoms with E-state index in [2.05, 4.69) is 20.8 Å². The highest BCUT2D eigenvalue weighted by Gasteiger charge is 2.14. The number of aromatic nitrogens is 2. The molecule has 0 spiro atoms. The third kappa shape index (κ3) is 4.81. The average molecular weight is 372 g/mol. The molecule has 0 fully saturated rings. The number of anilines is 2. The third-order valence-corrected chi connectivity index (χ3v) is 3.73. The van der Waals surface area contributed by atoms with Gasteiger partial charge in [-0.3, -0.25) is 4.79 Å². The van der Waals surface area contributed by atoms with E-state index < -0.39 is 23.2 Å². The van der Waals surface area contributed by atoms with Crippen LogP contribution < -0.4 is 10.6 Å². The minimum atomic E-state index is -0.879. The quantitative estimate of drug-likeness (QED) is 0.691. The van der Waals surface area contributed by atoms with Crippen molar-refractivity contribution in [2.45, 2.75) is 6.42 Å². The van der Waals surface area contributed by atoms with E-state index >= 15 is 0 Å². The summed E-state index contributed by atoms with van der Waals surface area (Å²) in [4.78, 5) is 12.1. The van der Waals surface area contributed by atoms with Crippen molar-refractivity contribution >= 4 is 17.4 Å². The van der Waals surface area contributed by atoms with E-state index in [0.29, 0.717) is 18.8 Å². The van der Waals surface area contributed by atoms with Crippen LogP contribution >= 0.6 is 0 Å². The summed E-state index contributed by atoms with van der Waals surface area (Å²) in [7, 11) is 0. The van der Waals surface area contributed by atoms with Gasteiger partial charge in [-0.1, -0.05) is 18.2 Å². The van der Waals surface area contributed by atoms with Crippen LogP contribution in [-0.2, 0) is 6.42 Å². The fourth-order valence-corrected chi connectivity index (χ4v) is 2.33. The Morgan fingerprint density at radius 3 is 2.22 bits per heavy atom. The van der Waals surface area contributed by atoms with E-state index in [4.69, 9.17) is 0 Å². The van der Waals surface area contributed by atoms with Gasteiger partial charge in [0, 0.05) is 6.54 Å². The van der Waals surface area contributed by atoms with Gasteiger partial charge in [-0.05, 0) is 48.4 Å². The van der Waals surface area contributed by atoms with Crippen molar-refractivity contribution in [2.75, 3.05) is 17.2 Å². The van der Waals surface area contributed by atoms with Crippen LogP contribution in [0.1, 0.15) is 16.1 Å². The Labute approximate surface area is 153 Å². The van der Waals surface area contributed by atoms with Gasteiger partial charge >= 0.3 is 0 Å². The third-order valence-electron chi connectivity index (χ3n) is 3.73. The maximum Gasteiger partial charge on any atom is 0.276 e. The molecule has 3 rings (SSSR count). The number of carbonyl (C=O) groups excluding carboxylic acids is 1. The van der Waals surface area contributed by atoms with E-state index in [1.54, 1.807) is 12.1 Å². The fourth-order valence-electron chi connectivity index (χ4n) is 2.33. The summed E-state index contributed by atoms with van der Waals surface area (Å²) in [6.45, 7) is 0.534. The molecule has 138 valence electrons. The molecule has 1 amide bonds. The van der Waals surface area contributed by atoms with Gasteiger partial charge in [0.2, 0.25) is 0 Å². The maximum atomic E-state index is 13.6. The largest absolute Gasteiger partial charge is 0.368 e. The van der Waals surface area contributed by atoms with Crippen LogP contribution in [-0.4, -0.2) is 22.6 Å². The zero-order valence-electron chi connectivity index (χ0n) is 14.0. The summed E-state index contributed by atoms with van der Waals surface area (Å²) in [6.07, 6.45) is 0.650. The van der Waals surface area contributed by atoms with Gasteiger partial charge in [-0.25, -0.2) is 13.2 Å². The molecule has 2 N–H and O–H groups in total. The monoisotopic (exact) mass is 372 g/mol. The molecule has 0 unspecified atom stereocenters. The molecule has 3 aromatic rings. The van der Waals surface area contributed by atoms with Gasteiger partial charge < -0.3 is 10.6 Å². The normalized spacial score (nSPS) is 10.5. The highest BCUT2D eigenvalue weighted by molar-refractivity contribution is 6.02. The van der Waals surface area contributed by atoms with Crippen LogP contribution in [0.3, 0.4) is 0 Å². The van der Waals surface area contributed by atoms with Gasteiger partial charge in [-0.15, -0.1) is 10.2 Å². The number of nitrogens with zero attached hydrogens (tertiary/aromatic N) is 2. The number of hydrogen-bond donors (Lipinski definition) is 2. The van der Waals surface area contributed by atoms with Gasteiger partial charge in [0.15, 0.2) is 5.69 Å².